The van der Waals surface area contributed by atoms with Gasteiger partial charge in [0, 0.05) is 12.0 Å². The summed E-state index contributed by atoms with van der Waals surface area (Å²) < 4.78 is 6.67. The lowest BCUT2D eigenvalue weighted by molar-refractivity contribution is 0.0510. The van der Waals surface area contributed by atoms with Gasteiger partial charge in [0.15, 0.2) is 0 Å². The van der Waals surface area contributed by atoms with E-state index < -0.39 is 11.7 Å². The van der Waals surface area contributed by atoms with E-state index in [2.05, 4.69) is 11.2 Å². The molecule has 0 bridgehead atoms. The molecule has 1 aromatic carbocycles. The third-order valence-electron chi connectivity index (χ3n) is 3.51. The molecule has 5 nitrogen and oxygen atoms in total. The SMILES string of the molecule is Cc1nn(C(=O)OC(C)(C)C)c(C)c1Cc1ccccc1C#N. The molecular formula is C18H21N3O2. The van der Waals surface area contributed by atoms with Crippen molar-refractivity contribution in [2.75, 3.05) is 0 Å². The number of carbonyl (C=O) groups is 1. The van der Waals surface area contributed by atoms with E-state index in [0.717, 1.165) is 22.5 Å². The second-order valence-electron chi connectivity index (χ2n) is 6.49. The number of carbonyl (C=O) groups excluding carboxylic acids is 1. The summed E-state index contributed by atoms with van der Waals surface area (Å²) in [5.41, 5.74) is 3.43. The number of rotatable bonds is 2. The lowest BCUT2D eigenvalue weighted by Gasteiger charge is -2.19. The maximum atomic E-state index is 12.2. The molecule has 0 unspecified atom stereocenters. The maximum Gasteiger partial charge on any atom is 0.435 e. The zero-order chi connectivity index (χ0) is 17.2. The summed E-state index contributed by atoms with van der Waals surface area (Å²) in [6.45, 7) is 9.16. The Morgan fingerprint density at radius 2 is 1.96 bits per heavy atom. The Bertz CT molecular complexity index is 777. The van der Waals surface area contributed by atoms with Crippen LogP contribution < -0.4 is 0 Å². The fourth-order valence-corrected chi connectivity index (χ4v) is 2.39. The quantitative estimate of drug-likeness (QED) is 0.847. The highest BCUT2D eigenvalue weighted by Crippen LogP contribution is 2.21. The van der Waals surface area contributed by atoms with Crippen LogP contribution in [0.2, 0.25) is 0 Å². The van der Waals surface area contributed by atoms with Crippen LogP contribution in [0.25, 0.3) is 0 Å². The van der Waals surface area contributed by atoms with Crippen molar-refractivity contribution in [3.05, 3.63) is 52.3 Å². The maximum absolute atomic E-state index is 12.2. The summed E-state index contributed by atoms with van der Waals surface area (Å²) in [6.07, 6.45) is 0.0717. The summed E-state index contributed by atoms with van der Waals surface area (Å²) in [4.78, 5) is 12.2. The molecule has 1 aromatic heterocycles. The molecule has 0 fully saturated rings. The van der Waals surface area contributed by atoms with Gasteiger partial charge in [-0.05, 0) is 46.2 Å². The summed E-state index contributed by atoms with van der Waals surface area (Å²) in [7, 11) is 0. The van der Waals surface area contributed by atoms with Gasteiger partial charge in [0.1, 0.15) is 5.60 Å². The van der Waals surface area contributed by atoms with Crippen molar-refractivity contribution >= 4 is 6.09 Å². The monoisotopic (exact) mass is 311 g/mol. The van der Waals surface area contributed by atoms with Gasteiger partial charge in [-0.15, -0.1) is 0 Å². The van der Waals surface area contributed by atoms with E-state index in [9.17, 15) is 10.1 Å². The zero-order valence-corrected chi connectivity index (χ0v) is 14.2. The van der Waals surface area contributed by atoms with Crippen molar-refractivity contribution in [3.63, 3.8) is 0 Å². The lowest BCUT2D eigenvalue weighted by atomic mass is 9.99. The van der Waals surface area contributed by atoms with Crippen molar-refractivity contribution in [3.8, 4) is 6.07 Å². The minimum absolute atomic E-state index is 0.488. The molecule has 0 saturated heterocycles. The largest absolute Gasteiger partial charge is 0.442 e. The number of ether oxygens (including phenoxy) is 1. The van der Waals surface area contributed by atoms with Crippen molar-refractivity contribution in [2.24, 2.45) is 0 Å². The highest BCUT2D eigenvalue weighted by molar-refractivity contribution is 5.71. The first kappa shape index (κ1) is 16.8. The van der Waals surface area contributed by atoms with Crippen molar-refractivity contribution < 1.29 is 9.53 Å². The topological polar surface area (TPSA) is 67.9 Å². The Hall–Kier alpha value is -2.61. The van der Waals surface area contributed by atoms with E-state index in [1.807, 2.05) is 52.8 Å². The van der Waals surface area contributed by atoms with Crippen LogP contribution in [0.3, 0.4) is 0 Å². The Kier molecular flexibility index (Phi) is 4.55. The number of nitriles is 1. The summed E-state index contributed by atoms with van der Waals surface area (Å²) in [5, 5.41) is 13.5. The Morgan fingerprint density at radius 3 is 2.57 bits per heavy atom. The summed E-state index contributed by atoms with van der Waals surface area (Å²) in [6, 6.07) is 9.65. The van der Waals surface area contributed by atoms with Gasteiger partial charge in [0.2, 0.25) is 0 Å². The molecule has 2 rings (SSSR count). The average Bonchev–Trinajstić information content (AvgIpc) is 2.74. The Morgan fingerprint density at radius 1 is 1.30 bits per heavy atom. The molecule has 1 heterocycles. The van der Waals surface area contributed by atoms with Gasteiger partial charge in [-0.2, -0.15) is 15.0 Å². The molecule has 0 saturated carbocycles. The molecule has 0 radical (unpaired) electrons. The molecule has 0 N–H and O–H groups in total. The van der Waals surface area contributed by atoms with E-state index in [0.29, 0.717) is 12.0 Å². The fourth-order valence-electron chi connectivity index (χ4n) is 2.39. The van der Waals surface area contributed by atoms with Crippen LogP contribution in [0.15, 0.2) is 24.3 Å². The van der Waals surface area contributed by atoms with Gasteiger partial charge in [-0.3, -0.25) is 0 Å². The molecule has 5 heteroatoms. The number of nitrogens with zero attached hydrogens (tertiary/aromatic N) is 3. The third kappa shape index (κ3) is 3.78. The van der Waals surface area contributed by atoms with Crippen LogP contribution in [0.5, 0.6) is 0 Å². The molecule has 0 amide bonds. The van der Waals surface area contributed by atoms with Gasteiger partial charge in [-0.1, -0.05) is 18.2 Å². The second kappa shape index (κ2) is 6.25. The first-order chi connectivity index (χ1) is 10.7. The number of hydrogen-bond acceptors (Lipinski definition) is 4. The Balaban J connectivity index is 2.35. The summed E-state index contributed by atoms with van der Waals surface area (Å²) in [5.74, 6) is 0. The first-order valence-corrected chi connectivity index (χ1v) is 7.49. The molecule has 0 spiro atoms. The van der Waals surface area contributed by atoms with E-state index in [1.165, 1.54) is 4.68 Å². The number of aromatic nitrogens is 2. The normalized spacial score (nSPS) is 11.1. The van der Waals surface area contributed by atoms with E-state index in [4.69, 9.17) is 4.74 Å². The Labute approximate surface area is 136 Å². The predicted molar refractivity (Wildman–Crippen MR) is 87.3 cm³/mol. The molecule has 0 aliphatic rings. The molecule has 0 aliphatic heterocycles. The van der Waals surface area contributed by atoms with Crippen LogP contribution in [0.1, 0.15) is 48.8 Å². The van der Waals surface area contributed by atoms with Crippen LogP contribution in [0, 0.1) is 25.2 Å². The number of aryl methyl sites for hydroxylation is 1. The second-order valence-corrected chi connectivity index (χ2v) is 6.49. The minimum atomic E-state index is -0.572. The highest BCUT2D eigenvalue weighted by Gasteiger charge is 2.22. The minimum Gasteiger partial charge on any atom is -0.442 e. The molecule has 2 aromatic rings. The molecule has 120 valence electrons. The zero-order valence-electron chi connectivity index (χ0n) is 14.2. The standard InChI is InChI=1S/C18H21N3O2/c1-12-16(10-14-8-6-7-9-15(14)11-19)13(2)21(20-12)17(22)23-18(3,4)5/h6-9H,10H2,1-5H3. The van der Waals surface area contributed by atoms with Gasteiger partial charge >= 0.3 is 6.09 Å². The van der Waals surface area contributed by atoms with Gasteiger partial charge in [0.05, 0.1) is 23.0 Å². The summed E-state index contributed by atoms with van der Waals surface area (Å²) >= 11 is 0. The fraction of sp³-hybridized carbons (Fsp3) is 0.389. The average molecular weight is 311 g/mol. The van der Waals surface area contributed by atoms with Crippen LogP contribution in [-0.2, 0) is 11.2 Å². The van der Waals surface area contributed by atoms with E-state index >= 15 is 0 Å². The third-order valence-corrected chi connectivity index (χ3v) is 3.51. The van der Waals surface area contributed by atoms with E-state index in [-0.39, 0.29) is 0 Å². The molecule has 23 heavy (non-hydrogen) atoms. The highest BCUT2D eigenvalue weighted by atomic mass is 16.6. The van der Waals surface area contributed by atoms with E-state index in [1.54, 1.807) is 6.07 Å². The van der Waals surface area contributed by atoms with Crippen molar-refractivity contribution in [1.29, 1.82) is 5.26 Å². The molecule has 0 aliphatic carbocycles. The van der Waals surface area contributed by atoms with Gasteiger partial charge in [-0.25, -0.2) is 4.79 Å². The smallest absolute Gasteiger partial charge is 0.435 e. The van der Waals surface area contributed by atoms with Gasteiger partial charge < -0.3 is 4.74 Å². The molecule has 0 atom stereocenters. The van der Waals surface area contributed by atoms with Crippen LogP contribution in [-0.4, -0.2) is 21.5 Å². The van der Waals surface area contributed by atoms with Crippen LogP contribution >= 0.6 is 0 Å². The molecular weight excluding hydrogens is 290 g/mol. The number of hydrogen-bond donors (Lipinski definition) is 0. The van der Waals surface area contributed by atoms with Gasteiger partial charge in [0.25, 0.3) is 0 Å². The van der Waals surface area contributed by atoms with Crippen molar-refractivity contribution in [1.82, 2.24) is 9.78 Å². The van der Waals surface area contributed by atoms with Crippen LogP contribution in [0.4, 0.5) is 4.79 Å². The predicted octanol–water partition coefficient (Wildman–Crippen LogP) is 3.75. The van der Waals surface area contributed by atoms with Crippen molar-refractivity contribution in [2.45, 2.75) is 46.6 Å². The lowest BCUT2D eigenvalue weighted by Crippen LogP contribution is -2.28. The first-order valence-electron chi connectivity index (χ1n) is 7.49. The number of benzene rings is 1.